The second kappa shape index (κ2) is 6.08. The lowest BCUT2D eigenvalue weighted by Gasteiger charge is -2.09. The highest BCUT2D eigenvalue weighted by Gasteiger charge is 2.25. The second-order valence-electron chi connectivity index (χ2n) is 5.67. The van der Waals surface area contributed by atoms with Gasteiger partial charge in [-0.2, -0.15) is 15.5 Å². The third-order valence-electron chi connectivity index (χ3n) is 4.13. The van der Waals surface area contributed by atoms with Crippen molar-refractivity contribution in [2.24, 2.45) is 11.0 Å². The first-order valence-electron chi connectivity index (χ1n) is 7.32. The summed E-state index contributed by atoms with van der Waals surface area (Å²) in [5, 5.41) is 20.0. The minimum atomic E-state index is 0.375. The molecule has 1 aliphatic heterocycles. The first-order valence-corrected chi connectivity index (χ1v) is 7.32. The van der Waals surface area contributed by atoms with Crippen LogP contribution in [0.1, 0.15) is 16.8 Å². The quantitative estimate of drug-likeness (QED) is 0.655. The van der Waals surface area contributed by atoms with Crippen molar-refractivity contribution >= 4 is 0 Å². The molecule has 0 amide bonds. The molecule has 2 heterocycles. The minimum absolute atomic E-state index is 0.375. The molecule has 2 aromatic rings. The van der Waals surface area contributed by atoms with Crippen molar-refractivity contribution in [2.45, 2.75) is 19.9 Å². The van der Waals surface area contributed by atoms with Crippen molar-refractivity contribution in [3.05, 3.63) is 41.2 Å². The molecule has 6 heteroatoms. The highest BCUT2D eigenvalue weighted by molar-refractivity contribution is 5.70. The van der Waals surface area contributed by atoms with Gasteiger partial charge in [0.1, 0.15) is 6.67 Å². The van der Waals surface area contributed by atoms with E-state index < -0.39 is 0 Å². The average molecular weight is 294 g/mol. The van der Waals surface area contributed by atoms with Gasteiger partial charge in [0.05, 0.1) is 17.8 Å². The monoisotopic (exact) mass is 294 g/mol. The van der Waals surface area contributed by atoms with Gasteiger partial charge in [-0.25, -0.2) is 5.53 Å². The molecular weight excluding hydrogens is 276 g/mol. The van der Waals surface area contributed by atoms with Gasteiger partial charge in [-0.3, -0.25) is 10.00 Å². The zero-order chi connectivity index (χ0) is 15.5. The predicted molar refractivity (Wildman–Crippen MR) is 82.3 cm³/mol. The van der Waals surface area contributed by atoms with Gasteiger partial charge in [0, 0.05) is 24.3 Å². The number of nitrogens with one attached hydrogen (secondary N) is 2. The number of aryl methyl sites for hydroxylation is 1. The number of hydrogen-bond acceptors (Lipinski definition) is 5. The average Bonchev–Trinajstić information content (AvgIpc) is 3.08. The van der Waals surface area contributed by atoms with Gasteiger partial charge >= 0.3 is 0 Å². The molecule has 3 rings (SSSR count). The Bertz CT molecular complexity index is 740. The fraction of sp³-hybridized carbons (Fsp3) is 0.375. The smallest absolute Gasteiger partial charge is 0.109 e. The van der Waals surface area contributed by atoms with Crippen molar-refractivity contribution in [3.63, 3.8) is 0 Å². The Morgan fingerprint density at radius 1 is 1.50 bits per heavy atom. The normalized spacial score (nSPS) is 16.3. The van der Waals surface area contributed by atoms with Crippen molar-refractivity contribution in [3.8, 4) is 17.2 Å². The molecule has 1 unspecified atom stereocenters. The molecule has 1 atom stereocenters. The van der Waals surface area contributed by atoms with Gasteiger partial charge in [0.25, 0.3) is 0 Å². The molecule has 6 nitrogen and oxygen atoms in total. The van der Waals surface area contributed by atoms with Crippen LogP contribution in [0.3, 0.4) is 0 Å². The number of nitrogens with zero attached hydrogens (tertiary/aromatic N) is 4. The van der Waals surface area contributed by atoms with E-state index in [1.807, 2.05) is 31.3 Å². The van der Waals surface area contributed by atoms with Crippen LogP contribution in [0.4, 0.5) is 0 Å². The molecule has 0 bridgehead atoms. The van der Waals surface area contributed by atoms with E-state index in [9.17, 15) is 0 Å². The number of hydrogen-bond donors (Lipinski definition) is 2. The summed E-state index contributed by atoms with van der Waals surface area (Å²) in [6.45, 7) is 4.15. The molecule has 1 aliphatic rings. The summed E-state index contributed by atoms with van der Waals surface area (Å²) in [6, 6.07) is 7.96. The predicted octanol–water partition coefficient (Wildman–Crippen LogP) is 2.48. The molecule has 0 saturated carbocycles. The molecular formula is C16H18N6. The molecule has 0 spiro atoms. The third-order valence-corrected chi connectivity index (χ3v) is 4.13. The lowest BCUT2D eigenvalue weighted by molar-refractivity contribution is 0.451. The number of aromatic nitrogens is 2. The summed E-state index contributed by atoms with van der Waals surface area (Å²) >= 11 is 0. The van der Waals surface area contributed by atoms with Crippen LogP contribution in [-0.2, 0) is 13.0 Å². The second-order valence-corrected chi connectivity index (χ2v) is 5.67. The zero-order valence-electron chi connectivity index (χ0n) is 12.5. The summed E-state index contributed by atoms with van der Waals surface area (Å²) in [6.07, 6.45) is 2.90. The van der Waals surface area contributed by atoms with E-state index in [-0.39, 0.29) is 0 Å². The number of fused-ring (bicyclic) bond motifs is 1. The van der Waals surface area contributed by atoms with Crippen LogP contribution >= 0.6 is 0 Å². The van der Waals surface area contributed by atoms with E-state index in [1.54, 1.807) is 0 Å². The lowest BCUT2D eigenvalue weighted by atomic mass is 9.96. The Balaban J connectivity index is 1.82. The van der Waals surface area contributed by atoms with E-state index in [1.165, 1.54) is 5.69 Å². The topological polar surface area (TPSA) is 89.8 Å². The molecule has 2 N–H and O–H groups in total. The zero-order valence-corrected chi connectivity index (χ0v) is 12.5. The van der Waals surface area contributed by atoms with Crippen molar-refractivity contribution in [1.29, 1.82) is 10.8 Å². The maximum Gasteiger partial charge on any atom is 0.109 e. The van der Waals surface area contributed by atoms with Crippen LogP contribution in [0, 0.1) is 29.7 Å². The first kappa shape index (κ1) is 14.4. The summed E-state index contributed by atoms with van der Waals surface area (Å²) in [5.74, 6) is 0.489. The Morgan fingerprint density at radius 3 is 3.09 bits per heavy atom. The molecule has 0 saturated heterocycles. The Morgan fingerprint density at radius 2 is 2.36 bits per heavy atom. The van der Waals surface area contributed by atoms with Crippen LogP contribution in [-0.4, -0.2) is 23.0 Å². The maximum atomic E-state index is 8.98. The Kier molecular flexibility index (Phi) is 3.98. The lowest BCUT2D eigenvalue weighted by Crippen LogP contribution is -2.23. The van der Waals surface area contributed by atoms with Crippen molar-refractivity contribution in [2.75, 3.05) is 13.2 Å². The van der Waals surface area contributed by atoms with Gasteiger partial charge in [-0.05, 0) is 42.5 Å². The van der Waals surface area contributed by atoms with Gasteiger partial charge in [-0.15, -0.1) is 0 Å². The molecule has 1 aromatic heterocycles. The standard InChI is InChI=1S/C16H18N6/c1-11-4-12(6-17)2-3-14(11)15-8-21-22-9-13(5-16(15)22)7-19-10-20-18/h2-4,8,13,18-19H,5,7,9-10H2,1H3. The number of nitriles is 1. The number of rotatable bonds is 5. The number of benzene rings is 1. The van der Waals surface area contributed by atoms with E-state index >= 15 is 0 Å². The summed E-state index contributed by atoms with van der Waals surface area (Å²) in [4.78, 5) is 0. The Labute approximate surface area is 129 Å². The van der Waals surface area contributed by atoms with Crippen LogP contribution in [0.15, 0.2) is 29.5 Å². The van der Waals surface area contributed by atoms with E-state index in [0.29, 0.717) is 18.2 Å². The SMILES string of the molecule is Cc1cc(C#N)ccc1-c1cnn2c1CC(CNCN=N)C2. The maximum absolute atomic E-state index is 8.98. The largest absolute Gasteiger partial charge is 0.296 e. The van der Waals surface area contributed by atoms with E-state index in [2.05, 4.69) is 26.3 Å². The summed E-state index contributed by atoms with van der Waals surface area (Å²) in [7, 11) is 0. The van der Waals surface area contributed by atoms with Gasteiger partial charge in [0.15, 0.2) is 0 Å². The van der Waals surface area contributed by atoms with Gasteiger partial charge < -0.3 is 0 Å². The third kappa shape index (κ3) is 2.63. The molecule has 112 valence electrons. The van der Waals surface area contributed by atoms with E-state index in [0.717, 1.165) is 36.2 Å². The van der Waals surface area contributed by atoms with Crippen LogP contribution in [0.5, 0.6) is 0 Å². The van der Waals surface area contributed by atoms with Gasteiger partial charge in [-0.1, -0.05) is 6.07 Å². The fourth-order valence-corrected chi connectivity index (χ4v) is 3.09. The Hall–Kier alpha value is -2.52. The molecule has 0 fully saturated rings. The van der Waals surface area contributed by atoms with Crippen molar-refractivity contribution in [1.82, 2.24) is 15.1 Å². The van der Waals surface area contributed by atoms with Crippen LogP contribution < -0.4 is 5.32 Å². The highest BCUT2D eigenvalue weighted by atomic mass is 15.3. The van der Waals surface area contributed by atoms with Gasteiger partial charge in [0.2, 0.25) is 0 Å². The molecule has 22 heavy (non-hydrogen) atoms. The highest BCUT2D eigenvalue weighted by Crippen LogP contribution is 2.32. The summed E-state index contributed by atoms with van der Waals surface area (Å²) < 4.78 is 2.07. The van der Waals surface area contributed by atoms with Crippen molar-refractivity contribution < 1.29 is 0 Å². The molecule has 0 aliphatic carbocycles. The van der Waals surface area contributed by atoms with E-state index in [4.69, 9.17) is 10.8 Å². The first-order chi connectivity index (χ1) is 10.7. The minimum Gasteiger partial charge on any atom is -0.296 e. The molecule has 1 aromatic carbocycles. The van der Waals surface area contributed by atoms with Crippen LogP contribution in [0.2, 0.25) is 0 Å². The van der Waals surface area contributed by atoms with Crippen LogP contribution in [0.25, 0.3) is 11.1 Å². The molecule has 0 radical (unpaired) electrons. The fourth-order valence-electron chi connectivity index (χ4n) is 3.09. The summed E-state index contributed by atoms with van der Waals surface area (Å²) in [5.41, 5.74) is 12.2.